The predicted molar refractivity (Wildman–Crippen MR) is 95.0 cm³/mol. The Morgan fingerprint density at radius 3 is 2.79 bits per heavy atom. The third kappa shape index (κ3) is 3.53. The lowest BCUT2D eigenvalue weighted by atomic mass is 10.0. The first kappa shape index (κ1) is 17.1. The van der Waals surface area contributed by atoms with E-state index in [2.05, 4.69) is 24.1 Å². The number of fused-ring (bicyclic) bond motifs is 1. The Labute approximate surface area is 144 Å². The van der Waals surface area contributed by atoms with Crippen molar-refractivity contribution < 1.29 is 4.79 Å². The zero-order chi connectivity index (χ0) is 17.3. The van der Waals surface area contributed by atoms with Crippen molar-refractivity contribution in [3.05, 3.63) is 17.1 Å². The monoisotopic (exact) mass is 331 g/mol. The number of nitrogens with zero attached hydrogens (tertiary/aromatic N) is 4. The van der Waals surface area contributed by atoms with Crippen molar-refractivity contribution >= 4 is 11.7 Å². The molecule has 1 fully saturated rings. The molecule has 6 heteroatoms. The van der Waals surface area contributed by atoms with Gasteiger partial charge in [-0.3, -0.25) is 4.79 Å². The number of rotatable bonds is 4. The highest BCUT2D eigenvalue weighted by Gasteiger charge is 2.29. The van der Waals surface area contributed by atoms with Crippen LogP contribution in [0.2, 0.25) is 0 Å². The molecule has 3 heterocycles. The molecule has 0 saturated carbocycles. The summed E-state index contributed by atoms with van der Waals surface area (Å²) < 4.78 is 0. The molecule has 0 aliphatic carbocycles. The van der Waals surface area contributed by atoms with E-state index in [0.29, 0.717) is 18.4 Å². The lowest BCUT2D eigenvalue weighted by Gasteiger charge is -2.29. The highest BCUT2D eigenvalue weighted by molar-refractivity contribution is 5.73. The molecule has 0 spiro atoms. The van der Waals surface area contributed by atoms with Crippen molar-refractivity contribution in [2.75, 3.05) is 38.5 Å². The molecule has 132 valence electrons. The van der Waals surface area contributed by atoms with Crippen LogP contribution >= 0.6 is 0 Å². The van der Waals surface area contributed by atoms with Gasteiger partial charge in [0.05, 0.1) is 12.2 Å². The molecule has 0 radical (unpaired) electrons. The molecule has 2 aliphatic rings. The van der Waals surface area contributed by atoms with Gasteiger partial charge in [-0.25, -0.2) is 9.97 Å². The summed E-state index contributed by atoms with van der Waals surface area (Å²) in [5.41, 5.74) is 2.20. The standard InChI is InChI=1S/C18H29N5O/c1-12(2)9-22-7-5-14(10-22)17-20-16-11-23(13(3)24)8-6-15(16)18(19-4)21-17/h12,14H,5-11H2,1-4H3,(H,19,20,21)/t14-/m0/s1. The first-order chi connectivity index (χ1) is 11.5. The van der Waals surface area contributed by atoms with Crippen molar-refractivity contribution in [3.8, 4) is 0 Å². The Balaban J connectivity index is 1.82. The van der Waals surface area contributed by atoms with Gasteiger partial charge >= 0.3 is 0 Å². The van der Waals surface area contributed by atoms with Crippen LogP contribution in [0.4, 0.5) is 5.82 Å². The molecule has 2 aliphatic heterocycles. The molecule has 24 heavy (non-hydrogen) atoms. The number of carbonyl (C=O) groups excluding carboxylic acids is 1. The molecule has 1 saturated heterocycles. The molecule has 1 N–H and O–H groups in total. The minimum Gasteiger partial charge on any atom is -0.373 e. The van der Waals surface area contributed by atoms with Crippen molar-refractivity contribution in [1.82, 2.24) is 19.8 Å². The van der Waals surface area contributed by atoms with Crippen LogP contribution in [0, 0.1) is 5.92 Å². The van der Waals surface area contributed by atoms with E-state index in [0.717, 1.165) is 56.4 Å². The van der Waals surface area contributed by atoms with E-state index in [4.69, 9.17) is 9.97 Å². The number of carbonyl (C=O) groups is 1. The number of hydrogen-bond donors (Lipinski definition) is 1. The fourth-order valence-electron chi connectivity index (χ4n) is 3.83. The van der Waals surface area contributed by atoms with Gasteiger partial charge in [0.2, 0.25) is 5.91 Å². The number of nitrogens with one attached hydrogen (secondary N) is 1. The van der Waals surface area contributed by atoms with Gasteiger partial charge < -0.3 is 15.1 Å². The lowest BCUT2D eigenvalue weighted by Crippen LogP contribution is -2.35. The Morgan fingerprint density at radius 1 is 1.33 bits per heavy atom. The van der Waals surface area contributed by atoms with Crippen molar-refractivity contribution in [2.24, 2.45) is 5.92 Å². The summed E-state index contributed by atoms with van der Waals surface area (Å²) in [7, 11) is 1.92. The lowest BCUT2D eigenvalue weighted by molar-refractivity contribution is -0.129. The number of likely N-dealkylation sites (tertiary alicyclic amines) is 1. The third-order valence-corrected chi connectivity index (χ3v) is 5.03. The van der Waals surface area contributed by atoms with Gasteiger partial charge in [0, 0.05) is 45.1 Å². The van der Waals surface area contributed by atoms with E-state index < -0.39 is 0 Å². The van der Waals surface area contributed by atoms with Crippen molar-refractivity contribution in [2.45, 2.75) is 46.1 Å². The van der Waals surface area contributed by atoms with E-state index in [-0.39, 0.29) is 5.91 Å². The summed E-state index contributed by atoms with van der Waals surface area (Å²) in [5.74, 6) is 3.09. The van der Waals surface area contributed by atoms with Crippen LogP contribution in [-0.2, 0) is 17.8 Å². The normalized spacial score (nSPS) is 21.2. The molecule has 0 aromatic carbocycles. The maximum atomic E-state index is 11.7. The van der Waals surface area contributed by atoms with E-state index in [1.165, 1.54) is 5.56 Å². The zero-order valence-corrected chi connectivity index (χ0v) is 15.3. The molecular formula is C18H29N5O. The quantitative estimate of drug-likeness (QED) is 0.913. The first-order valence-corrected chi connectivity index (χ1v) is 9.03. The van der Waals surface area contributed by atoms with Crippen LogP contribution in [0.1, 0.15) is 50.2 Å². The SMILES string of the molecule is CNc1nc([C@H]2CCN(CC(C)C)C2)nc2c1CCN(C(C)=O)C2. The van der Waals surface area contributed by atoms with Crippen LogP contribution in [0.25, 0.3) is 0 Å². The summed E-state index contributed by atoms with van der Waals surface area (Å²) in [6.07, 6.45) is 1.95. The average Bonchev–Trinajstić information content (AvgIpc) is 3.00. The fraction of sp³-hybridized carbons (Fsp3) is 0.722. The second kappa shape index (κ2) is 7.05. The number of hydrogen-bond acceptors (Lipinski definition) is 5. The molecule has 1 aromatic rings. The Hall–Kier alpha value is -1.69. The Bertz CT molecular complexity index is 616. The molecule has 1 amide bonds. The van der Waals surface area contributed by atoms with Gasteiger partial charge in [-0.2, -0.15) is 0 Å². The van der Waals surface area contributed by atoms with Gasteiger partial charge in [0.15, 0.2) is 0 Å². The summed E-state index contributed by atoms with van der Waals surface area (Å²) in [6.45, 7) is 10.8. The van der Waals surface area contributed by atoms with E-state index >= 15 is 0 Å². The smallest absolute Gasteiger partial charge is 0.219 e. The van der Waals surface area contributed by atoms with Crippen LogP contribution < -0.4 is 5.32 Å². The molecule has 1 atom stereocenters. The highest BCUT2D eigenvalue weighted by Crippen LogP contribution is 2.30. The summed E-state index contributed by atoms with van der Waals surface area (Å²) in [6, 6.07) is 0. The minimum atomic E-state index is 0.121. The second-order valence-corrected chi connectivity index (χ2v) is 7.44. The Morgan fingerprint density at radius 2 is 2.12 bits per heavy atom. The van der Waals surface area contributed by atoms with Crippen LogP contribution in [-0.4, -0.2) is 58.9 Å². The number of aromatic nitrogens is 2. The number of amides is 1. The average molecular weight is 331 g/mol. The van der Waals surface area contributed by atoms with Gasteiger partial charge in [-0.15, -0.1) is 0 Å². The van der Waals surface area contributed by atoms with Crippen molar-refractivity contribution in [3.63, 3.8) is 0 Å². The molecular weight excluding hydrogens is 302 g/mol. The molecule has 3 rings (SSSR count). The maximum absolute atomic E-state index is 11.7. The highest BCUT2D eigenvalue weighted by atomic mass is 16.2. The zero-order valence-electron chi connectivity index (χ0n) is 15.3. The maximum Gasteiger partial charge on any atom is 0.219 e. The summed E-state index contributed by atoms with van der Waals surface area (Å²) in [5, 5.41) is 3.24. The molecule has 0 unspecified atom stereocenters. The fourth-order valence-corrected chi connectivity index (χ4v) is 3.83. The van der Waals surface area contributed by atoms with Crippen LogP contribution in [0.3, 0.4) is 0 Å². The molecule has 6 nitrogen and oxygen atoms in total. The third-order valence-electron chi connectivity index (χ3n) is 5.03. The summed E-state index contributed by atoms with van der Waals surface area (Å²) >= 11 is 0. The minimum absolute atomic E-state index is 0.121. The second-order valence-electron chi connectivity index (χ2n) is 7.44. The largest absolute Gasteiger partial charge is 0.373 e. The van der Waals surface area contributed by atoms with Crippen LogP contribution in [0.5, 0.6) is 0 Å². The van der Waals surface area contributed by atoms with Crippen LogP contribution in [0.15, 0.2) is 0 Å². The Kier molecular flexibility index (Phi) is 5.04. The summed E-state index contributed by atoms with van der Waals surface area (Å²) in [4.78, 5) is 25.8. The van der Waals surface area contributed by atoms with E-state index in [9.17, 15) is 4.79 Å². The topological polar surface area (TPSA) is 61.4 Å². The number of anilines is 1. The van der Waals surface area contributed by atoms with E-state index in [1.54, 1.807) is 6.92 Å². The van der Waals surface area contributed by atoms with E-state index in [1.807, 2.05) is 11.9 Å². The van der Waals surface area contributed by atoms with Gasteiger partial charge in [-0.1, -0.05) is 13.8 Å². The first-order valence-electron chi connectivity index (χ1n) is 9.03. The molecule has 0 bridgehead atoms. The van der Waals surface area contributed by atoms with Gasteiger partial charge in [0.1, 0.15) is 11.6 Å². The molecule has 1 aromatic heterocycles. The van der Waals surface area contributed by atoms with Gasteiger partial charge in [-0.05, 0) is 25.3 Å². The predicted octanol–water partition coefficient (Wildman–Crippen LogP) is 1.87. The van der Waals surface area contributed by atoms with Crippen molar-refractivity contribution in [1.29, 1.82) is 0 Å². The van der Waals surface area contributed by atoms with Gasteiger partial charge in [0.25, 0.3) is 0 Å².